The van der Waals surface area contributed by atoms with Crippen molar-refractivity contribution in [2.24, 2.45) is 17.1 Å². The highest BCUT2D eigenvalue weighted by molar-refractivity contribution is 5.44. The molecular formula is C17H29NO. The molecule has 0 aliphatic carbocycles. The lowest BCUT2D eigenvalue weighted by molar-refractivity contribution is 0.232. The highest BCUT2D eigenvalue weighted by atomic mass is 16.5. The van der Waals surface area contributed by atoms with E-state index in [0.717, 1.165) is 17.7 Å². The van der Waals surface area contributed by atoms with Crippen LogP contribution in [0.25, 0.3) is 0 Å². The van der Waals surface area contributed by atoms with E-state index in [1.165, 1.54) is 11.1 Å². The molecule has 0 fully saturated rings. The SMILES string of the molecule is COc1cc(C)cc(C)c1C(N)CC(C)C(C)(C)C. The van der Waals surface area contributed by atoms with Crippen molar-refractivity contribution >= 4 is 0 Å². The van der Waals surface area contributed by atoms with Gasteiger partial charge in [0.05, 0.1) is 7.11 Å². The van der Waals surface area contributed by atoms with Crippen LogP contribution in [0, 0.1) is 25.2 Å². The van der Waals surface area contributed by atoms with Gasteiger partial charge >= 0.3 is 0 Å². The second-order valence-electron chi connectivity index (χ2n) is 6.81. The van der Waals surface area contributed by atoms with Crippen LogP contribution in [0.1, 0.15) is 56.8 Å². The van der Waals surface area contributed by atoms with Crippen LogP contribution in [0.2, 0.25) is 0 Å². The van der Waals surface area contributed by atoms with Crippen molar-refractivity contribution in [3.63, 3.8) is 0 Å². The van der Waals surface area contributed by atoms with E-state index in [9.17, 15) is 0 Å². The van der Waals surface area contributed by atoms with Crippen molar-refractivity contribution in [1.82, 2.24) is 0 Å². The number of rotatable bonds is 4. The van der Waals surface area contributed by atoms with Gasteiger partial charge in [-0.1, -0.05) is 33.8 Å². The molecule has 2 heteroatoms. The maximum Gasteiger partial charge on any atom is 0.124 e. The van der Waals surface area contributed by atoms with Gasteiger partial charge in [0.2, 0.25) is 0 Å². The molecule has 0 amide bonds. The van der Waals surface area contributed by atoms with Gasteiger partial charge in [-0.25, -0.2) is 0 Å². The number of aryl methyl sites for hydroxylation is 2. The average molecular weight is 263 g/mol. The summed E-state index contributed by atoms with van der Waals surface area (Å²) in [5.74, 6) is 1.49. The summed E-state index contributed by atoms with van der Waals surface area (Å²) in [6.07, 6.45) is 0.976. The van der Waals surface area contributed by atoms with Gasteiger partial charge in [0, 0.05) is 11.6 Å². The maximum absolute atomic E-state index is 6.44. The number of hydrogen-bond donors (Lipinski definition) is 1. The third-order valence-corrected chi connectivity index (χ3v) is 4.17. The smallest absolute Gasteiger partial charge is 0.124 e. The van der Waals surface area contributed by atoms with E-state index >= 15 is 0 Å². The molecule has 0 heterocycles. The lowest BCUT2D eigenvalue weighted by Gasteiger charge is -2.30. The summed E-state index contributed by atoms with van der Waals surface area (Å²) >= 11 is 0. The molecule has 0 bridgehead atoms. The van der Waals surface area contributed by atoms with Crippen LogP contribution in [0.5, 0.6) is 5.75 Å². The van der Waals surface area contributed by atoms with E-state index in [0.29, 0.717) is 5.92 Å². The molecule has 0 aliphatic rings. The molecule has 0 aliphatic heterocycles. The first-order valence-electron chi connectivity index (χ1n) is 7.07. The number of ether oxygens (including phenoxy) is 1. The van der Waals surface area contributed by atoms with Gasteiger partial charge in [-0.15, -0.1) is 0 Å². The first kappa shape index (κ1) is 16.0. The molecule has 0 saturated carbocycles. The van der Waals surface area contributed by atoms with Crippen molar-refractivity contribution in [3.05, 3.63) is 28.8 Å². The quantitative estimate of drug-likeness (QED) is 0.874. The summed E-state index contributed by atoms with van der Waals surface area (Å²) in [6.45, 7) is 13.3. The number of hydrogen-bond acceptors (Lipinski definition) is 2. The summed E-state index contributed by atoms with van der Waals surface area (Å²) in [5.41, 5.74) is 10.3. The van der Waals surface area contributed by atoms with Gasteiger partial charge in [-0.05, 0) is 48.8 Å². The minimum Gasteiger partial charge on any atom is -0.496 e. The number of benzene rings is 1. The van der Waals surface area contributed by atoms with Crippen molar-refractivity contribution in [2.45, 2.75) is 54.0 Å². The van der Waals surface area contributed by atoms with Crippen LogP contribution >= 0.6 is 0 Å². The predicted molar refractivity (Wildman–Crippen MR) is 82.6 cm³/mol. The van der Waals surface area contributed by atoms with Crippen LogP contribution in [-0.4, -0.2) is 7.11 Å². The van der Waals surface area contributed by atoms with Crippen molar-refractivity contribution in [1.29, 1.82) is 0 Å². The second-order valence-corrected chi connectivity index (χ2v) is 6.81. The summed E-state index contributed by atoms with van der Waals surface area (Å²) in [7, 11) is 1.72. The molecule has 1 aromatic carbocycles. The first-order chi connectivity index (χ1) is 8.66. The zero-order valence-electron chi connectivity index (χ0n) is 13.5. The Hall–Kier alpha value is -1.02. The van der Waals surface area contributed by atoms with Crippen molar-refractivity contribution < 1.29 is 4.74 Å². The highest BCUT2D eigenvalue weighted by Crippen LogP contribution is 2.36. The van der Waals surface area contributed by atoms with Gasteiger partial charge in [0.25, 0.3) is 0 Å². The van der Waals surface area contributed by atoms with Crippen LogP contribution < -0.4 is 10.5 Å². The minimum atomic E-state index is 0.0322. The van der Waals surface area contributed by atoms with Gasteiger partial charge in [-0.2, -0.15) is 0 Å². The fraction of sp³-hybridized carbons (Fsp3) is 0.647. The molecule has 1 aromatic rings. The molecule has 2 nitrogen and oxygen atoms in total. The number of nitrogens with two attached hydrogens (primary N) is 1. The van der Waals surface area contributed by atoms with E-state index < -0.39 is 0 Å². The fourth-order valence-electron chi connectivity index (χ4n) is 2.44. The zero-order valence-corrected chi connectivity index (χ0v) is 13.5. The minimum absolute atomic E-state index is 0.0322. The van der Waals surface area contributed by atoms with Crippen LogP contribution in [0.4, 0.5) is 0 Å². The van der Waals surface area contributed by atoms with Gasteiger partial charge in [0.1, 0.15) is 5.75 Å². The van der Waals surface area contributed by atoms with Crippen LogP contribution in [0.15, 0.2) is 12.1 Å². The Kier molecular flexibility index (Phi) is 5.03. The molecular weight excluding hydrogens is 234 g/mol. The molecule has 2 unspecified atom stereocenters. The third-order valence-electron chi connectivity index (χ3n) is 4.17. The fourth-order valence-corrected chi connectivity index (χ4v) is 2.44. The largest absolute Gasteiger partial charge is 0.496 e. The van der Waals surface area contributed by atoms with E-state index in [1.54, 1.807) is 7.11 Å². The number of methoxy groups -OCH3 is 1. The summed E-state index contributed by atoms with van der Waals surface area (Å²) in [6, 6.07) is 4.29. The monoisotopic (exact) mass is 263 g/mol. The summed E-state index contributed by atoms with van der Waals surface area (Å²) in [5, 5.41) is 0. The van der Waals surface area contributed by atoms with Gasteiger partial charge in [0.15, 0.2) is 0 Å². The Labute approximate surface area is 118 Å². The normalized spacial score (nSPS) is 15.2. The Morgan fingerprint density at radius 2 is 1.79 bits per heavy atom. The molecule has 108 valence electrons. The standard InChI is InChI=1S/C17H29NO/c1-11-8-12(2)16(15(9-11)19-7)14(18)10-13(3)17(4,5)6/h8-9,13-14H,10,18H2,1-7H3. The van der Waals surface area contributed by atoms with Crippen LogP contribution in [0.3, 0.4) is 0 Å². The molecule has 0 spiro atoms. The Balaban J connectivity index is 3.03. The predicted octanol–water partition coefficient (Wildman–Crippen LogP) is 4.38. The first-order valence-corrected chi connectivity index (χ1v) is 7.07. The van der Waals surface area contributed by atoms with Gasteiger partial charge < -0.3 is 10.5 Å². The Morgan fingerprint density at radius 3 is 2.26 bits per heavy atom. The lowest BCUT2D eigenvalue weighted by Crippen LogP contribution is -2.24. The van der Waals surface area contributed by atoms with Crippen molar-refractivity contribution in [3.8, 4) is 5.75 Å². The molecule has 0 saturated heterocycles. The molecule has 0 aromatic heterocycles. The molecule has 0 radical (unpaired) electrons. The summed E-state index contributed by atoms with van der Waals surface area (Å²) in [4.78, 5) is 0. The Morgan fingerprint density at radius 1 is 1.21 bits per heavy atom. The summed E-state index contributed by atoms with van der Waals surface area (Å²) < 4.78 is 5.52. The third kappa shape index (κ3) is 3.97. The van der Waals surface area contributed by atoms with Crippen LogP contribution in [-0.2, 0) is 0 Å². The zero-order chi connectivity index (χ0) is 14.8. The van der Waals surface area contributed by atoms with E-state index in [1.807, 2.05) is 0 Å². The average Bonchev–Trinajstić information content (AvgIpc) is 2.25. The second kappa shape index (κ2) is 5.96. The highest BCUT2D eigenvalue weighted by Gasteiger charge is 2.25. The molecule has 2 N–H and O–H groups in total. The lowest BCUT2D eigenvalue weighted by atomic mass is 9.77. The van der Waals surface area contributed by atoms with E-state index in [2.05, 4.69) is 53.7 Å². The van der Waals surface area contributed by atoms with Crippen molar-refractivity contribution in [2.75, 3.05) is 7.11 Å². The topological polar surface area (TPSA) is 35.2 Å². The van der Waals surface area contributed by atoms with E-state index in [-0.39, 0.29) is 11.5 Å². The molecule has 2 atom stereocenters. The molecule has 1 rings (SSSR count). The maximum atomic E-state index is 6.44. The van der Waals surface area contributed by atoms with Gasteiger partial charge in [-0.3, -0.25) is 0 Å². The molecule has 19 heavy (non-hydrogen) atoms. The Bertz CT molecular complexity index is 432. The van der Waals surface area contributed by atoms with E-state index in [4.69, 9.17) is 10.5 Å².